The molecule has 1 aliphatic heterocycles. The molecule has 0 unspecified atom stereocenters. The molecule has 1 atom stereocenters. The van der Waals surface area contributed by atoms with Gasteiger partial charge in [-0.15, -0.1) is 0 Å². The zero-order valence-electron chi connectivity index (χ0n) is 18.7. The third kappa shape index (κ3) is 4.49. The molecule has 1 fully saturated rings. The fourth-order valence-electron chi connectivity index (χ4n) is 4.21. The number of carbonyl (C=O) groups is 1. The first-order valence-corrected chi connectivity index (χ1v) is 12.4. The molecular weight excluding hydrogens is 422 g/mol. The van der Waals surface area contributed by atoms with Gasteiger partial charge in [0.25, 0.3) is 0 Å². The summed E-state index contributed by atoms with van der Waals surface area (Å²) >= 11 is 0. The SMILES string of the molecule is Cc1cccc(N2CCN(C(=O)[C@@H](C)NS(=O)(=O)c3ccc4ccccc4c3)CC2)c1C. The molecule has 0 radical (unpaired) electrons. The Balaban J connectivity index is 1.41. The normalized spacial score (nSPS) is 15.7. The minimum Gasteiger partial charge on any atom is -0.368 e. The van der Waals surface area contributed by atoms with E-state index in [1.807, 2.05) is 24.3 Å². The number of benzene rings is 3. The number of fused-ring (bicyclic) bond motifs is 1. The highest BCUT2D eigenvalue weighted by molar-refractivity contribution is 7.89. The van der Waals surface area contributed by atoms with E-state index >= 15 is 0 Å². The Kier molecular flexibility index (Phi) is 6.22. The lowest BCUT2D eigenvalue weighted by molar-refractivity contribution is -0.132. The van der Waals surface area contributed by atoms with Gasteiger partial charge in [-0.3, -0.25) is 4.79 Å². The molecule has 0 spiro atoms. The monoisotopic (exact) mass is 451 g/mol. The van der Waals surface area contributed by atoms with Crippen LogP contribution in [-0.4, -0.2) is 51.4 Å². The maximum absolute atomic E-state index is 13.0. The molecule has 3 aromatic rings. The van der Waals surface area contributed by atoms with E-state index < -0.39 is 16.1 Å². The van der Waals surface area contributed by atoms with Gasteiger partial charge in [0, 0.05) is 31.9 Å². The number of sulfonamides is 1. The van der Waals surface area contributed by atoms with Crippen LogP contribution >= 0.6 is 0 Å². The standard InChI is InChI=1S/C25H29N3O3S/c1-18-7-6-10-24(19(18)2)27-13-15-28(16-14-27)25(29)20(3)26-32(30,31)23-12-11-21-8-4-5-9-22(21)17-23/h4-12,17,20,26H,13-16H2,1-3H3/t20-/m1/s1. The minimum atomic E-state index is -3.81. The molecular formula is C25H29N3O3S. The summed E-state index contributed by atoms with van der Waals surface area (Å²) in [6.45, 7) is 8.40. The molecule has 0 saturated carbocycles. The van der Waals surface area contributed by atoms with Crippen LogP contribution in [0.15, 0.2) is 65.6 Å². The number of piperazine rings is 1. The lowest BCUT2D eigenvalue weighted by Gasteiger charge is -2.38. The molecule has 32 heavy (non-hydrogen) atoms. The Bertz CT molecular complexity index is 1250. The smallest absolute Gasteiger partial charge is 0.241 e. The fraction of sp³-hybridized carbons (Fsp3) is 0.320. The van der Waals surface area contributed by atoms with Crippen LogP contribution in [0.1, 0.15) is 18.1 Å². The predicted octanol–water partition coefficient (Wildman–Crippen LogP) is 3.47. The summed E-state index contributed by atoms with van der Waals surface area (Å²) in [6.07, 6.45) is 0. The van der Waals surface area contributed by atoms with E-state index in [1.165, 1.54) is 16.8 Å². The third-order valence-electron chi connectivity index (χ3n) is 6.24. The number of rotatable bonds is 5. The van der Waals surface area contributed by atoms with E-state index in [0.29, 0.717) is 13.1 Å². The lowest BCUT2D eigenvalue weighted by Crippen LogP contribution is -2.54. The van der Waals surface area contributed by atoms with Crippen molar-refractivity contribution in [3.05, 3.63) is 71.8 Å². The van der Waals surface area contributed by atoms with Crippen molar-refractivity contribution in [3.63, 3.8) is 0 Å². The van der Waals surface area contributed by atoms with Gasteiger partial charge in [0.1, 0.15) is 0 Å². The Hall–Kier alpha value is -2.90. The van der Waals surface area contributed by atoms with Crippen LogP contribution in [0.2, 0.25) is 0 Å². The topological polar surface area (TPSA) is 69.7 Å². The zero-order valence-corrected chi connectivity index (χ0v) is 19.5. The van der Waals surface area contributed by atoms with Gasteiger partial charge in [-0.05, 0) is 60.9 Å². The molecule has 6 nitrogen and oxygen atoms in total. The summed E-state index contributed by atoms with van der Waals surface area (Å²) in [5.41, 5.74) is 3.70. The number of hydrogen-bond donors (Lipinski definition) is 1. The van der Waals surface area contributed by atoms with Gasteiger partial charge in [0.05, 0.1) is 10.9 Å². The van der Waals surface area contributed by atoms with E-state index in [9.17, 15) is 13.2 Å². The van der Waals surface area contributed by atoms with Crippen molar-refractivity contribution in [2.45, 2.75) is 31.7 Å². The predicted molar refractivity (Wildman–Crippen MR) is 128 cm³/mol. The van der Waals surface area contributed by atoms with Crippen molar-refractivity contribution in [1.29, 1.82) is 0 Å². The number of hydrogen-bond acceptors (Lipinski definition) is 4. The van der Waals surface area contributed by atoms with Crippen molar-refractivity contribution < 1.29 is 13.2 Å². The molecule has 1 N–H and O–H groups in total. The number of anilines is 1. The average molecular weight is 452 g/mol. The van der Waals surface area contributed by atoms with Gasteiger partial charge in [-0.1, -0.05) is 42.5 Å². The van der Waals surface area contributed by atoms with E-state index in [0.717, 1.165) is 23.9 Å². The van der Waals surface area contributed by atoms with E-state index in [4.69, 9.17) is 0 Å². The molecule has 4 rings (SSSR count). The molecule has 1 amide bonds. The van der Waals surface area contributed by atoms with Crippen LogP contribution in [0, 0.1) is 13.8 Å². The van der Waals surface area contributed by atoms with Gasteiger partial charge in [0.2, 0.25) is 15.9 Å². The largest absolute Gasteiger partial charge is 0.368 e. The lowest BCUT2D eigenvalue weighted by atomic mass is 10.1. The summed E-state index contributed by atoms with van der Waals surface area (Å²) in [6, 6.07) is 18.0. The Morgan fingerprint density at radius 1 is 0.906 bits per heavy atom. The second kappa shape index (κ2) is 8.92. The number of nitrogens with zero attached hydrogens (tertiary/aromatic N) is 2. The van der Waals surface area contributed by atoms with E-state index in [-0.39, 0.29) is 10.8 Å². The number of carbonyl (C=O) groups excluding carboxylic acids is 1. The molecule has 1 aliphatic rings. The van der Waals surface area contributed by atoms with Crippen LogP contribution in [0.5, 0.6) is 0 Å². The second-order valence-electron chi connectivity index (χ2n) is 8.38. The average Bonchev–Trinajstić information content (AvgIpc) is 2.80. The first-order chi connectivity index (χ1) is 15.3. The van der Waals surface area contributed by atoms with Gasteiger partial charge in [-0.25, -0.2) is 8.42 Å². The van der Waals surface area contributed by atoms with Crippen molar-refractivity contribution in [3.8, 4) is 0 Å². The zero-order chi connectivity index (χ0) is 22.9. The van der Waals surface area contributed by atoms with E-state index in [1.54, 1.807) is 30.0 Å². The highest BCUT2D eigenvalue weighted by atomic mass is 32.2. The molecule has 168 valence electrons. The van der Waals surface area contributed by atoms with Gasteiger partial charge < -0.3 is 9.80 Å². The number of aryl methyl sites for hydroxylation is 1. The van der Waals surface area contributed by atoms with Crippen LogP contribution < -0.4 is 9.62 Å². The summed E-state index contributed by atoms with van der Waals surface area (Å²) in [4.78, 5) is 17.2. The summed E-state index contributed by atoms with van der Waals surface area (Å²) in [5.74, 6) is -0.199. The van der Waals surface area contributed by atoms with E-state index in [2.05, 4.69) is 41.7 Å². The van der Waals surface area contributed by atoms with Crippen LogP contribution in [0.25, 0.3) is 10.8 Å². The van der Waals surface area contributed by atoms with Crippen molar-refractivity contribution >= 4 is 32.4 Å². The highest BCUT2D eigenvalue weighted by Crippen LogP contribution is 2.24. The summed E-state index contributed by atoms with van der Waals surface area (Å²) in [7, 11) is -3.81. The molecule has 0 aliphatic carbocycles. The summed E-state index contributed by atoms with van der Waals surface area (Å²) < 4.78 is 28.3. The first-order valence-electron chi connectivity index (χ1n) is 10.9. The van der Waals surface area contributed by atoms with Crippen LogP contribution in [-0.2, 0) is 14.8 Å². The fourth-order valence-corrected chi connectivity index (χ4v) is 5.44. The molecule has 7 heteroatoms. The van der Waals surface area contributed by atoms with Gasteiger partial charge in [0.15, 0.2) is 0 Å². The molecule has 0 bridgehead atoms. The molecule has 0 aromatic heterocycles. The molecule has 1 heterocycles. The van der Waals surface area contributed by atoms with Crippen molar-refractivity contribution in [2.75, 3.05) is 31.1 Å². The van der Waals surface area contributed by atoms with Crippen molar-refractivity contribution in [1.82, 2.24) is 9.62 Å². The number of nitrogens with one attached hydrogen (secondary N) is 1. The Morgan fingerprint density at radius 2 is 1.59 bits per heavy atom. The van der Waals surface area contributed by atoms with Gasteiger partial charge >= 0.3 is 0 Å². The maximum Gasteiger partial charge on any atom is 0.241 e. The molecule has 1 saturated heterocycles. The Labute approximate surface area is 189 Å². The number of amides is 1. The quantitative estimate of drug-likeness (QED) is 0.645. The van der Waals surface area contributed by atoms with Crippen molar-refractivity contribution in [2.24, 2.45) is 0 Å². The molecule has 3 aromatic carbocycles. The first kappa shape index (κ1) is 22.3. The van der Waals surface area contributed by atoms with Crippen LogP contribution in [0.4, 0.5) is 5.69 Å². The van der Waals surface area contributed by atoms with Gasteiger partial charge in [-0.2, -0.15) is 4.72 Å². The highest BCUT2D eigenvalue weighted by Gasteiger charge is 2.28. The minimum absolute atomic E-state index is 0.163. The summed E-state index contributed by atoms with van der Waals surface area (Å²) in [5, 5.41) is 1.81. The third-order valence-corrected chi connectivity index (χ3v) is 7.78. The maximum atomic E-state index is 13.0. The van der Waals surface area contributed by atoms with Crippen LogP contribution in [0.3, 0.4) is 0 Å². The Morgan fingerprint density at radius 3 is 2.31 bits per heavy atom. The second-order valence-corrected chi connectivity index (χ2v) is 10.1.